The van der Waals surface area contributed by atoms with Gasteiger partial charge in [0, 0.05) is 50.7 Å². The highest BCUT2D eigenvalue weighted by atomic mass is 16.7. The molecule has 14 nitrogen and oxygen atoms in total. The maximum absolute atomic E-state index is 15.4. The van der Waals surface area contributed by atoms with E-state index in [9.17, 15) is 4.79 Å². The number of hydrogen-bond acceptors (Lipinski definition) is 13. The van der Waals surface area contributed by atoms with Crippen LogP contribution < -0.4 is 18.9 Å². The minimum atomic E-state index is -0.751. The van der Waals surface area contributed by atoms with Crippen molar-refractivity contribution in [2.45, 2.75) is 76.7 Å². The van der Waals surface area contributed by atoms with Crippen LogP contribution in [0.2, 0.25) is 0 Å². The van der Waals surface area contributed by atoms with Crippen molar-refractivity contribution in [1.29, 1.82) is 0 Å². The molecular weight excluding hydrogens is 833 g/mol. The molecule has 3 aromatic rings. The van der Waals surface area contributed by atoms with Gasteiger partial charge in [-0.2, -0.15) is 0 Å². The Labute approximate surface area is 384 Å². The monoisotopic (exact) mass is 900 g/mol. The van der Waals surface area contributed by atoms with E-state index in [1.807, 2.05) is 30.0 Å². The Morgan fingerprint density at radius 2 is 1.40 bits per heavy atom. The number of benzene rings is 3. The summed E-state index contributed by atoms with van der Waals surface area (Å²) in [6.07, 6.45) is 6.05. The molecule has 4 aliphatic rings. The van der Waals surface area contributed by atoms with E-state index < -0.39 is 12.3 Å². The van der Waals surface area contributed by atoms with Crippen molar-refractivity contribution in [3.8, 4) is 23.0 Å². The van der Waals surface area contributed by atoms with Gasteiger partial charge in [0.25, 0.3) is 5.91 Å². The van der Waals surface area contributed by atoms with Crippen molar-refractivity contribution >= 4 is 11.9 Å². The molecule has 0 bridgehead atoms. The second-order valence-electron chi connectivity index (χ2n) is 17.2. The van der Waals surface area contributed by atoms with Crippen LogP contribution in [0.3, 0.4) is 0 Å². The number of nitrogens with zero attached hydrogens (tertiary/aromatic N) is 2. The number of fused-ring (bicyclic) bond motifs is 4. The first-order valence-electron chi connectivity index (χ1n) is 23.2. The Kier molecular flexibility index (Phi) is 16.7. The molecule has 0 saturated carbocycles. The number of aliphatic hydroxyl groups is 1. The molecule has 0 spiro atoms. The van der Waals surface area contributed by atoms with Crippen LogP contribution >= 0.6 is 0 Å². The molecule has 0 aliphatic carbocycles. The quantitative estimate of drug-likeness (QED) is 0.0914. The topological polar surface area (TPSA) is 144 Å². The fourth-order valence-corrected chi connectivity index (χ4v) is 10.6. The fourth-order valence-electron chi connectivity index (χ4n) is 10.6. The number of aliphatic hydroxyl groups excluding tert-OH is 1. The van der Waals surface area contributed by atoms with Crippen LogP contribution in [0.5, 0.6) is 23.0 Å². The van der Waals surface area contributed by atoms with Crippen LogP contribution in [0.15, 0.2) is 60.4 Å². The highest BCUT2D eigenvalue weighted by Crippen LogP contribution is 2.50. The molecule has 7 rings (SSSR count). The number of amides is 1. The van der Waals surface area contributed by atoms with Gasteiger partial charge in [-0.05, 0) is 121 Å². The minimum Gasteiger partial charge on any atom is -0.493 e. The molecule has 1 N–H and O–H groups in total. The first-order chi connectivity index (χ1) is 31.7. The maximum Gasteiger partial charge on any atom is 0.337 e. The summed E-state index contributed by atoms with van der Waals surface area (Å²) in [5, 5.41) is 9.08. The summed E-state index contributed by atoms with van der Waals surface area (Å²) in [6.45, 7) is 8.34. The fraction of sp³-hybridized carbons (Fsp3) is 0.569. The summed E-state index contributed by atoms with van der Waals surface area (Å²) in [6, 6.07) is 15.7. The summed E-state index contributed by atoms with van der Waals surface area (Å²) >= 11 is 0. The Balaban J connectivity index is 1.24. The Hall–Kier alpha value is -4.86. The SMILES string of the molecule is CCO[C@H]1OC(C(=O)N2CCc3cc(OC)c(OC)cc3[C@H]2C[C@H]2C[C@H]3c4cc(OC)c(OC)cc4CCN3C[C@@H]2CC)=C[C@@H](c2ccc(C(=O)OC)cc2)[C@H]1CCOCCOCCO. The number of allylic oxidation sites excluding steroid dienone is 1. The van der Waals surface area contributed by atoms with E-state index in [0.717, 1.165) is 67.0 Å². The van der Waals surface area contributed by atoms with E-state index in [-0.39, 0.29) is 54.7 Å². The third kappa shape index (κ3) is 10.6. The first kappa shape index (κ1) is 48.1. The van der Waals surface area contributed by atoms with Crippen molar-refractivity contribution in [2.24, 2.45) is 17.8 Å². The van der Waals surface area contributed by atoms with Crippen molar-refractivity contribution in [3.05, 3.63) is 93.7 Å². The van der Waals surface area contributed by atoms with Gasteiger partial charge in [-0.1, -0.05) is 25.5 Å². The number of rotatable bonds is 20. The maximum atomic E-state index is 15.4. The number of hydrogen-bond donors (Lipinski definition) is 1. The van der Waals surface area contributed by atoms with Gasteiger partial charge < -0.3 is 52.6 Å². The minimum absolute atomic E-state index is 0.0483. The van der Waals surface area contributed by atoms with Crippen molar-refractivity contribution in [2.75, 3.05) is 94.8 Å². The Bertz CT molecular complexity index is 2110. The van der Waals surface area contributed by atoms with Crippen LogP contribution in [-0.4, -0.2) is 128 Å². The van der Waals surface area contributed by atoms with E-state index in [0.29, 0.717) is 68.8 Å². The average molecular weight is 901 g/mol. The van der Waals surface area contributed by atoms with Crippen LogP contribution in [0, 0.1) is 17.8 Å². The largest absolute Gasteiger partial charge is 0.493 e. The van der Waals surface area contributed by atoms with Crippen LogP contribution in [0.1, 0.15) is 95.7 Å². The van der Waals surface area contributed by atoms with E-state index in [4.69, 9.17) is 47.7 Å². The van der Waals surface area contributed by atoms with Crippen molar-refractivity contribution < 1.29 is 57.3 Å². The lowest BCUT2D eigenvalue weighted by molar-refractivity contribution is -0.173. The Morgan fingerprint density at radius 3 is 2.03 bits per heavy atom. The van der Waals surface area contributed by atoms with Gasteiger partial charge in [0.2, 0.25) is 6.29 Å². The highest BCUT2D eigenvalue weighted by molar-refractivity contribution is 5.92. The summed E-state index contributed by atoms with van der Waals surface area (Å²) in [4.78, 5) is 32.5. The van der Waals surface area contributed by atoms with Crippen LogP contribution in [0.25, 0.3) is 0 Å². The third-order valence-electron chi connectivity index (χ3n) is 13.9. The van der Waals surface area contributed by atoms with E-state index in [1.54, 1.807) is 40.6 Å². The number of ether oxygens (including phenoxy) is 9. The van der Waals surface area contributed by atoms with E-state index in [2.05, 4.69) is 36.1 Å². The van der Waals surface area contributed by atoms with Gasteiger partial charge in [0.05, 0.1) is 73.6 Å². The van der Waals surface area contributed by atoms with Crippen LogP contribution in [-0.2, 0) is 41.3 Å². The van der Waals surface area contributed by atoms with Gasteiger partial charge in [-0.15, -0.1) is 0 Å². The molecule has 1 amide bonds. The molecule has 4 heterocycles. The zero-order chi connectivity index (χ0) is 46.0. The number of piperidine rings is 1. The van der Waals surface area contributed by atoms with Gasteiger partial charge >= 0.3 is 5.97 Å². The average Bonchev–Trinajstić information content (AvgIpc) is 3.34. The van der Waals surface area contributed by atoms with Gasteiger partial charge in [-0.3, -0.25) is 9.69 Å². The van der Waals surface area contributed by atoms with Gasteiger partial charge in [0.1, 0.15) is 0 Å². The van der Waals surface area contributed by atoms with Gasteiger partial charge in [-0.25, -0.2) is 4.79 Å². The number of methoxy groups -OCH3 is 5. The molecule has 0 unspecified atom stereocenters. The smallest absolute Gasteiger partial charge is 0.337 e. The summed E-state index contributed by atoms with van der Waals surface area (Å²) in [5.41, 5.74) is 6.12. The molecule has 65 heavy (non-hydrogen) atoms. The van der Waals surface area contributed by atoms with Crippen molar-refractivity contribution in [3.63, 3.8) is 0 Å². The molecule has 4 aliphatic heterocycles. The highest BCUT2D eigenvalue weighted by Gasteiger charge is 2.45. The van der Waals surface area contributed by atoms with Gasteiger partial charge in [0.15, 0.2) is 28.8 Å². The molecule has 3 aromatic carbocycles. The molecule has 0 radical (unpaired) electrons. The molecule has 7 atom stereocenters. The lowest BCUT2D eigenvalue weighted by atomic mass is 9.72. The normalized spacial score (nSPS) is 23.8. The molecule has 1 fully saturated rings. The molecule has 1 saturated heterocycles. The van der Waals surface area contributed by atoms with E-state index in [1.165, 1.54) is 18.2 Å². The molecule has 14 heteroatoms. The molecule has 354 valence electrons. The summed E-state index contributed by atoms with van der Waals surface area (Å²) < 4.78 is 52.6. The zero-order valence-corrected chi connectivity index (χ0v) is 39.2. The lowest BCUT2D eigenvalue weighted by Gasteiger charge is -2.49. The number of carbonyl (C=O) groups is 2. The first-order valence-corrected chi connectivity index (χ1v) is 23.2. The third-order valence-corrected chi connectivity index (χ3v) is 13.9. The summed E-state index contributed by atoms with van der Waals surface area (Å²) in [5.74, 6) is 2.57. The lowest BCUT2D eigenvalue weighted by Crippen LogP contribution is -2.48. The van der Waals surface area contributed by atoms with Crippen LogP contribution in [0.4, 0.5) is 0 Å². The zero-order valence-electron chi connectivity index (χ0n) is 39.2. The predicted molar refractivity (Wildman–Crippen MR) is 244 cm³/mol. The predicted octanol–water partition coefficient (Wildman–Crippen LogP) is 7.06. The second kappa shape index (κ2) is 22.6. The number of carbonyl (C=O) groups excluding carboxylic acids is 2. The molecule has 0 aromatic heterocycles. The standard InChI is InChI=1S/C51H68N2O12/c1-8-32-31-52-17-14-35-26-44(57-3)46(59-5)29-40(35)42(52)24-37(32)25-43-41-30-47(60-6)45(58-4)27-36(41)15-18-53(43)49(55)48-28-39(33-10-12-34(13-11-33)50(56)61-7)38(51(65-48)64-9-2)16-20-62-22-23-63-21-19-54/h10-13,26-30,32,37-39,42-43,51,54H,8-9,14-25,31H2,1-7H3/t32-,37+,38+,39-,42-,43+,51-/m0/s1. The Morgan fingerprint density at radius 1 is 0.769 bits per heavy atom. The van der Waals surface area contributed by atoms with Crippen molar-refractivity contribution in [1.82, 2.24) is 9.80 Å². The number of esters is 1. The molecular formula is C51H68N2O12. The van der Waals surface area contributed by atoms with E-state index >= 15 is 4.79 Å². The summed E-state index contributed by atoms with van der Waals surface area (Å²) in [7, 11) is 8.04. The second-order valence-corrected chi connectivity index (χ2v) is 17.2.